The first kappa shape index (κ1) is 19.2. The van der Waals surface area contributed by atoms with E-state index in [0.29, 0.717) is 16.9 Å². The van der Waals surface area contributed by atoms with Gasteiger partial charge in [0.1, 0.15) is 0 Å². The summed E-state index contributed by atoms with van der Waals surface area (Å²) in [6.07, 6.45) is 4.38. The van der Waals surface area contributed by atoms with E-state index >= 15 is 0 Å². The van der Waals surface area contributed by atoms with Gasteiger partial charge in [0.05, 0.1) is 16.3 Å². The molecular formula is C23H22N2O3S. The van der Waals surface area contributed by atoms with Crippen LogP contribution in [0.4, 0.5) is 11.4 Å². The second-order valence-corrected chi connectivity index (χ2v) is 8.79. The molecule has 0 spiro atoms. The molecule has 148 valence electrons. The topological polar surface area (TPSA) is 75.3 Å². The van der Waals surface area contributed by atoms with Crippen LogP contribution < -0.4 is 10.0 Å². The number of carbonyl (C=O) groups excluding carboxylic acids is 1. The molecule has 0 aromatic heterocycles. The molecular weight excluding hydrogens is 384 g/mol. The summed E-state index contributed by atoms with van der Waals surface area (Å²) in [5, 5.41) is 2.84. The maximum atomic E-state index is 12.8. The van der Waals surface area contributed by atoms with Crippen LogP contribution in [0.25, 0.3) is 0 Å². The van der Waals surface area contributed by atoms with Gasteiger partial charge in [-0.05, 0) is 73.2 Å². The van der Waals surface area contributed by atoms with Gasteiger partial charge >= 0.3 is 0 Å². The number of nitrogens with one attached hydrogen (secondary N) is 2. The Hall–Kier alpha value is -3.12. The Balaban J connectivity index is 1.57. The van der Waals surface area contributed by atoms with Gasteiger partial charge in [0.15, 0.2) is 0 Å². The average molecular weight is 407 g/mol. The monoisotopic (exact) mass is 406 g/mol. The second-order valence-electron chi connectivity index (χ2n) is 7.11. The number of aryl methyl sites for hydroxylation is 2. The molecule has 4 rings (SSSR count). The van der Waals surface area contributed by atoms with E-state index in [1.165, 1.54) is 29.7 Å². The SMILES string of the molecule is O=C(Nc1ccccc1NS(=O)(=O)c1ccccc1)c1ccc2c(c1)CCCC2. The highest BCUT2D eigenvalue weighted by Crippen LogP contribution is 2.26. The summed E-state index contributed by atoms with van der Waals surface area (Å²) in [6, 6.07) is 20.7. The van der Waals surface area contributed by atoms with Gasteiger partial charge in [0, 0.05) is 5.56 Å². The summed E-state index contributed by atoms with van der Waals surface area (Å²) >= 11 is 0. The van der Waals surface area contributed by atoms with Crippen molar-refractivity contribution in [3.63, 3.8) is 0 Å². The zero-order valence-electron chi connectivity index (χ0n) is 15.9. The fourth-order valence-electron chi connectivity index (χ4n) is 3.55. The Morgan fingerprint density at radius 2 is 1.41 bits per heavy atom. The molecule has 0 radical (unpaired) electrons. The Kier molecular flexibility index (Phi) is 5.36. The zero-order chi connectivity index (χ0) is 20.3. The van der Waals surface area contributed by atoms with E-state index in [-0.39, 0.29) is 10.8 Å². The molecule has 1 aliphatic rings. The van der Waals surface area contributed by atoms with E-state index in [1.807, 2.05) is 18.2 Å². The van der Waals surface area contributed by atoms with Crippen molar-refractivity contribution in [2.24, 2.45) is 0 Å². The highest BCUT2D eigenvalue weighted by atomic mass is 32.2. The van der Waals surface area contributed by atoms with Crippen molar-refractivity contribution < 1.29 is 13.2 Å². The third kappa shape index (κ3) is 4.32. The lowest BCUT2D eigenvalue weighted by Crippen LogP contribution is -2.17. The van der Waals surface area contributed by atoms with E-state index in [4.69, 9.17) is 0 Å². The largest absolute Gasteiger partial charge is 0.320 e. The van der Waals surface area contributed by atoms with Crippen molar-refractivity contribution in [2.75, 3.05) is 10.0 Å². The standard InChI is InChI=1S/C23H22N2O3S/c26-23(19-15-14-17-8-4-5-9-18(17)16-19)24-21-12-6-7-13-22(21)25-29(27,28)20-10-2-1-3-11-20/h1-3,6-7,10-16,25H,4-5,8-9H2,(H,24,26). The van der Waals surface area contributed by atoms with E-state index in [0.717, 1.165) is 19.3 Å². The fraction of sp³-hybridized carbons (Fsp3) is 0.174. The molecule has 0 unspecified atom stereocenters. The molecule has 5 nitrogen and oxygen atoms in total. The van der Waals surface area contributed by atoms with E-state index in [2.05, 4.69) is 10.0 Å². The summed E-state index contributed by atoms with van der Waals surface area (Å²) < 4.78 is 27.9. The summed E-state index contributed by atoms with van der Waals surface area (Å²) in [5.41, 5.74) is 3.84. The van der Waals surface area contributed by atoms with Crippen LogP contribution in [0.5, 0.6) is 0 Å². The number of amides is 1. The number of hydrogen-bond donors (Lipinski definition) is 2. The van der Waals surface area contributed by atoms with Crippen LogP contribution >= 0.6 is 0 Å². The Labute approximate surface area is 170 Å². The predicted octanol–water partition coefficient (Wildman–Crippen LogP) is 4.62. The van der Waals surface area contributed by atoms with Crippen molar-refractivity contribution in [1.29, 1.82) is 0 Å². The first-order chi connectivity index (χ1) is 14.0. The zero-order valence-corrected chi connectivity index (χ0v) is 16.7. The Morgan fingerprint density at radius 3 is 2.17 bits per heavy atom. The first-order valence-corrected chi connectivity index (χ1v) is 11.1. The smallest absolute Gasteiger partial charge is 0.261 e. The maximum Gasteiger partial charge on any atom is 0.261 e. The molecule has 0 saturated carbocycles. The van der Waals surface area contributed by atoms with Crippen molar-refractivity contribution in [1.82, 2.24) is 0 Å². The summed E-state index contributed by atoms with van der Waals surface area (Å²) in [7, 11) is -3.75. The van der Waals surface area contributed by atoms with Gasteiger partial charge in [-0.25, -0.2) is 8.42 Å². The predicted molar refractivity (Wildman–Crippen MR) is 115 cm³/mol. The molecule has 3 aromatic rings. The molecule has 6 heteroatoms. The van der Waals surface area contributed by atoms with Gasteiger partial charge in [-0.1, -0.05) is 36.4 Å². The van der Waals surface area contributed by atoms with E-state index in [9.17, 15) is 13.2 Å². The normalized spacial score (nSPS) is 13.4. The minimum atomic E-state index is -3.75. The van der Waals surface area contributed by atoms with Crippen molar-refractivity contribution in [2.45, 2.75) is 30.6 Å². The summed E-state index contributed by atoms with van der Waals surface area (Å²) in [6.45, 7) is 0. The van der Waals surface area contributed by atoms with Gasteiger partial charge in [-0.3, -0.25) is 9.52 Å². The molecule has 3 aromatic carbocycles. The van der Waals surface area contributed by atoms with Gasteiger partial charge in [0.2, 0.25) is 0 Å². The van der Waals surface area contributed by atoms with Crippen LogP contribution in [-0.2, 0) is 22.9 Å². The lowest BCUT2D eigenvalue weighted by molar-refractivity contribution is 0.102. The van der Waals surface area contributed by atoms with Crippen molar-refractivity contribution >= 4 is 27.3 Å². The van der Waals surface area contributed by atoms with Crippen LogP contribution in [0.15, 0.2) is 77.7 Å². The first-order valence-electron chi connectivity index (χ1n) is 9.63. The van der Waals surface area contributed by atoms with Crippen LogP contribution in [0.3, 0.4) is 0 Å². The van der Waals surface area contributed by atoms with Gasteiger partial charge in [-0.2, -0.15) is 0 Å². The Bertz CT molecular complexity index is 1140. The highest BCUT2D eigenvalue weighted by Gasteiger charge is 2.17. The minimum Gasteiger partial charge on any atom is -0.320 e. The number of fused-ring (bicyclic) bond motifs is 1. The highest BCUT2D eigenvalue weighted by molar-refractivity contribution is 7.92. The summed E-state index contributed by atoms with van der Waals surface area (Å²) in [4.78, 5) is 13.0. The third-order valence-corrected chi connectivity index (χ3v) is 6.47. The van der Waals surface area contributed by atoms with Crippen LogP contribution in [0.2, 0.25) is 0 Å². The fourth-order valence-corrected chi connectivity index (χ4v) is 4.65. The number of para-hydroxylation sites is 2. The number of carbonyl (C=O) groups is 1. The number of sulfonamides is 1. The second kappa shape index (κ2) is 8.09. The molecule has 2 N–H and O–H groups in total. The average Bonchev–Trinajstić information content (AvgIpc) is 2.75. The van der Waals surface area contributed by atoms with Gasteiger partial charge < -0.3 is 5.32 Å². The number of benzene rings is 3. The molecule has 0 saturated heterocycles. The van der Waals surface area contributed by atoms with Crippen molar-refractivity contribution in [3.05, 3.63) is 89.5 Å². The molecule has 0 bridgehead atoms. The number of anilines is 2. The van der Waals surface area contributed by atoms with Crippen LogP contribution in [-0.4, -0.2) is 14.3 Å². The maximum absolute atomic E-state index is 12.8. The molecule has 0 heterocycles. The molecule has 1 aliphatic carbocycles. The van der Waals surface area contributed by atoms with Gasteiger partial charge in [0.25, 0.3) is 15.9 Å². The Morgan fingerprint density at radius 1 is 0.759 bits per heavy atom. The van der Waals surface area contributed by atoms with Crippen molar-refractivity contribution in [3.8, 4) is 0 Å². The number of rotatable bonds is 5. The van der Waals surface area contributed by atoms with Gasteiger partial charge in [-0.15, -0.1) is 0 Å². The number of hydrogen-bond acceptors (Lipinski definition) is 3. The molecule has 0 aliphatic heterocycles. The van der Waals surface area contributed by atoms with Crippen LogP contribution in [0.1, 0.15) is 34.3 Å². The molecule has 0 atom stereocenters. The quantitative estimate of drug-likeness (QED) is 0.649. The lowest BCUT2D eigenvalue weighted by Gasteiger charge is -2.17. The lowest BCUT2D eigenvalue weighted by atomic mass is 9.90. The minimum absolute atomic E-state index is 0.163. The molecule has 29 heavy (non-hydrogen) atoms. The molecule has 0 fully saturated rings. The van der Waals surface area contributed by atoms with Crippen LogP contribution in [0, 0.1) is 0 Å². The van der Waals surface area contributed by atoms with E-state index in [1.54, 1.807) is 42.5 Å². The third-order valence-electron chi connectivity index (χ3n) is 5.08. The van der Waals surface area contributed by atoms with E-state index < -0.39 is 10.0 Å². The molecule has 1 amide bonds. The summed E-state index contributed by atoms with van der Waals surface area (Å²) in [5.74, 6) is -0.260.